The Labute approximate surface area is 148 Å². The molecule has 1 atom stereocenters. The lowest BCUT2D eigenvalue weighted by atomic mass is 9.53. The van der Waals surface area contributed by atoms with Gasteiger partial charge in [0.2, 0.25) is 11.8 Å². The Morgan fingerprint density at radius 1 is 1.24 bits per heavy atom. The molecular weight excluding hydrogens is 322 g/mol. The van der Waals surface area contributed by atoms with E-state index >= 15 is 0 Å². The van der Waals surface area contributed by atoms with Gasteiger partial charge in [0.05, 0.1) is 16.6 Å². The summed E-state index contributed by atoms with van der Waals surface area (Å²) in [5, 5.41) is 6.39. The van der Waals surface area contributed by atoms with Crippen molar-refractivity contribution in [3.8, 4) is 0 Å². The van der Waals surface area contributed by atoms with Gasteiger partial charge in [0.25, 0.3) is 0 Å². The molecule has 1 spiro atoms. The highest BCUT2D eigenvalue weighted by molar-refractivity contribution is 5.87. The summed E-state index contributed by atoms with van der Waals surface area (Å²) >= 11 is 0. The molecule has 1 saturated carbocycles. The topological polar surface area (TPSA) is 79.9 Å². The van der Waals surface area contributed by atoms with Gasteiger partial charge >= 0.3 is 0 Å². The van der Waals surface area contributed by atoms with Gasteiger partial charge < -0.3 is 25.0 Å². The molecule has 2 N–H and O–H groups in total. The fourth-order valence-corrected chi connectivity index (χ4v) is 5.45. The lowest BCUT2D eigenvalue weighted by Gasteiger charge is -2.49. The van der Waals surface area contributed by atoms with Gasteiger partial charge in [-0.1, -0.05) is 0 Å². The molecule has 0 aromatic heterocycles. The molecule has 1 aliphatic carbocycles. The van der Waals surface area contributed by atoms with Gasteiger partial charge in [-0.15, -0.1) is 0 Å². The summed E-state index contributed by atoms with van der Waals surface area (Å²) < 4.78 is 12.0. The largest absolute Gasteiger partial charge is 0.368 e. The molecule has 0 aromatic carbocycles. The predicted octanol–water partition coefficient (Wildman–Crippen LogP) is 0.0412. The van der Waals surface area contributed by atoms with Crippen molar-refractivity contribution >= 4 is 11.8 Å². The van der Waals surface area contributed by atoms with Crippen molar-refractivity contribution in [3.63, 3.8) is 0 Å². The summed E-state index contributed by atoms with van der Waals surface area (Å²) in [4.78, 5) is 27.0. The zero-order valence-electron chi connectivity index (χ0n) is 15.2. The molecule has 4 aliphatic heterocycles. The Kier molecular flexibility index (Phi) is 4.09. The first-order valence-corrected chi connectivity index (χ1v) is 9.44. The van der Waals surface area contributed by atoms with Crippen molar-refractivity contribution in [2.24, 2.45) is 5.41 Å². The first kappa shape index (κ1) is 17.2. The molecule has 2 amide bonds. The second-order valence-corrected chi connectivity index (χ2v) is 8.38. The molecule has 7 heteroatoms. The SMILES string of the molecule is CN(C)C(=O)C12CC(CNC(=O)[C@@H]3CCCO3)(C1)OC21CCNCC1. The first-order valence-electron chi connectivity index (χ1n) is 9.44. The van der Waals surface area contributed by atoms with Crippen LogP contribution < -0.4 is 10.6 Å². The average molecular weight is 351 g/mol. The number of amides is 2. The Hall–Kier alpha value is -1.18. The van der Waals surface area contributed by atoms with Crippen LogP contribution in [0.4, 0.5) is 0 Å². The molecule has 0 unspecified atom stereocenters. The summed E-state index contributed by atoms with van der Waals surface area (Å²) in [6.45, 7) is 2.89. The Bertz CT molecular complexity index is 559. The van der Waals surface area contributed by atoms with E-state index in [2.05, 4.69) is 10.6 Å². The Morgan fingerprint density at radius 3 is 2.56 bits per heavy atom. The standard InChI is InChI=1S/C18H29N3O4/c1-21(2)15(23)17-10-16(11-17,25-18(17)5-7-19-8-6-18)12-20-14(22)13-4-3-9-24-13/h13,19H,3-12H2,1-2H3,(H,20,22)/t13-,16?,17?/m0/s1. The zero-order chi connectivity index (χ0) is 17.7. The number of hydrogen-bond donors (Lipinski definition) is 2. The fourth-order valence-electron chi connectivity index (χ4n) is 5.45. The van der Waals surface area contributed by atoms with Crippen LogP contribution in [0.15, 0.2) is 0 Å². The molecule has 5 fully saturated rings. The molecule has 2 bridgehead atoms. The number of ether oxygens (including phenoxy) is 2. The maximum absolute atomic E-state index is 13.0. The van der Waals surface area contributed by atoms with Gasteiger partial charge in [-0.25, -0.2) is 0 Å². The number of hydrogen-bond acceptors (Lipinski definition) is 5. The summed E-state index contributed by atoms with van der Waals surface area (Å²) in [5.41, 5.74) is -1.20. The van der Waals surface area contributed by atoms with Gasteiger partial charge in [0.1, 0.15) is 6.10 Å². The van der Waals surface area contributed by atoms with E-state index in [1.807, 2.05) is 14.1 Å². The van der Waals surface area contributed by atoms with E-state index in [1.165, 1.54) is 0 Å². The number of carbonyl (C=O) groups is 2. The van der Waals surface area contributed by atoms with E-state index in [0.717, 1.165) is 38.8 Å². The molecule has 25 heavy (non-hydrogen) atoms. The van der Waals surface area contributed by atoms with Crippen LogP contribution in [0.3, 0.4) is 0 Å². The number of nitrogens with zero attached hydrogens (tertiary/aromatic N) is 1. The first-order chi connectivity index (χ1) is 11.9. The minimum Gasteiger partial charge on any atom is -0.368 e. The van der Waals surface area contributed by atoms with Gasteiger partial charge in [0, 0.05) is 27.2 Å². The quantitative estimate of drug-likeness (QED) is 0.748. The fraction of sp³-hybridized carbons (Fsp3) is 0.889. The van der Waals surface area contributed by atoms with Crippen LogP contribution in [0.1, 0.15) is 38.5 Å². The highest BCUT2D eigenvalue weighted by Gasteiger charge is 2.77. The summed E-state index contributed by atoms with van der Waals surface area (Å²) in [7, 11) is 3.65. The molecule has 140 valence electrons. The van der Waals surface area contributed by atoms with Crippen molar-refractivity contribution in [2.45, 2.75) is 55.8 Å². The lowest BCUT2D eigenvalue weighted by molar-refractivity contribution is -0.149. The number of piperidine rings is 1. The molecule has 4 saturated heterocycles. The number of rotatable bonds is 4. The molecule has 7 nitrogen and oxygen atoms in total. The average Bonchev–Trinajstić information content (AvgIpc) is 3.24. The van der Waals surface area contributed by atoms with E-state index in [0.29, 0.717) is 26.0 Å². The monoisotopic (exact) mass is 351 g/mol. The maximum atomic E-state index is 13.0. The second kappa shape index (κ2) is 5.93. The van der Waals surface area contributed by atoms with Crippen molar-refractivity contribution in [2.75, 3.05) is 40.3 Å². The normalized spacial score (nSPS) is 38.4. The van der Waals surface area contributed by atoms with Crippen LogP contribution in [0, 0.1) is 5.41 Å². The molecule has 4 heterocycles. The van der Waals surface area contributed by atoms with Gasteiger partial charge in [0.15, 0.2) is 0 Å². The Balaban J connectivity index is 1.48. The highest BCUT2D eigenvalue weighted by atomic mass is 16.5. The number of carbonyl (C=O) groups excluding carboxylic acids is 2. The van der Waals surface area contributed by atoms with Gasteiger partial charge in [-0.3, -0.25) is 9.59 Å². The van der Waals surface area contributed by atoms with Crippen molar-refractivity contribution in [3.05, 3.63) is 0 Å². The predicted molar refractivity (Wildman–Crippen MR) is 91.0 cm³/mol. The van der Waals surface area contributed by atoms with Crippen LogP contribution in [-0.4, -0.2) is 74.4 Å². The third-order valence-electron chi connectivity index (χ3n) is 6.57. The third kappa shape index (κ3) is 2.51. The third-order valence-corrected chi connectivity index (χ3v) is 6.57. The summed E-state index contributed by atoms with van der Waals surface area (Å²) in [6.07, 6.45) is 4.54. The zero-order valence-corrected chi connectivity index (χ0v) is 15.2. The number of nitrogens with one attached hydrogen (secondary N) is 2. The van der Waals surface area contributed by atoms with Gasteiger partial charge in [-0.05, 0) is 51.6 Å². The van der Waals surface area contributed by atoms with Crippen LogP contribution in [0.2, 0.25) is 0 Å². The van der Waals surface area contributed by atoms with Crippen LogP contribution in [0.25, 0.3) is 0 Å². The van der Waals surface area contributed by atoms with Gasteiger partial charge in [-0.2, -0.15) is 0 Å². The lowest BCUT2D eigenvalue weighted by Crippen LogP contribution is -2.61. The van der Waals surface area contributed by atoms with Crippen LogP contribution in [0.5, 0.6) is 0 Å². The van der Waals surface area contributed by atoms with E-state index < -0.39 is 11.0 Å². The molecule has 0 aromatic rings. The molecule has 5 rings (SSSR count). The maximum Gasteiger partial charge on any atom is 0.249 e. The van der Waals surface area contributed by atoms with E-state index in [-0.39, 0.29) is 23.5 Å². The highest BCUT2D eigenvalue weighted by Crippen LogP contribution is 2.69. The minimum absolute atomic E-state index is 0.0434. The molecule has 5 aliphatic rings. The molecular formula is C18H29N3O4. The van der Waals surface area contributed by atoms with E-state index in [4.69, 9.17) is 9.47 Å². The Morgan fingerprint density at radius 2 is 1.96 bits per heavy atom. The van der Waals surface area contributed by atoms with Crippen LogP contribution >= 0.6 is 0 Å². The van der Waals surface area contributed by atoms with Crippen LogP contribution in [-0.2, 0) is 19.1 Å². The summed E-state index contributed by atoms with van der Waals surface area (Å²) in [6, 6.07) is 0. The van der Waals surface area contributed by atoms with Crippen molar-refractivity contribution in [1.82, 2.24) is 15.5 Å². The summed E-state index contributed by atoms with van der Waals surface area (Å²) in [5.74, 6) is 0.131. The second-order valence-electron chi connectivity index (χ2n) is 8.38. The van der Waals surface area contributed by atoms with E-state index in [1.54, 1.807) is 4.90 Å². The minimum atomic E-state index is -0.423. The smallest absolute Gasteiger partial charge is 0.249 e. The van der Waals surface area contributed by atoms with E-state index in [9.17, 15) is 9.59 Å². The van der Waals surface area contributed by atoms with Crippen molar-refractivity contribution in [1.29, 1.82) is 0 Å². The van der Waals surface area contributed by atoms with Crippen molar-refractivity contribution < 1.29 is 19.1 Å². The molecule has 0 radical (unpaired) electrons.